The maximum absolute atomic E-state index is 12.1. The lowest BCUT2D eigenvalue weighted by atomic mass is 10.0. The van der Waals surface area contributed by atoms with E-state index in [-0.39, 0.29) is 17.5 Å². The van der Waals surface area contributed by atoms with Gasteiger partial charge in [0.05, 0.1) is 5.69 Å². The number of urea groups is 1. The maximum atomic E-state index is 12.1. The van der Waals surface area contributed by atoms with Gasteiger partial charge in [-0.3, -0.25) is 4.79 Å². The first-order chi connectivity index (χ1) is 13.3. The van der Waals surface area contributed by atoms with Crippen molar-refractivity contribution in [3.8, 4) is 16.9 Å². The number of amides is 3. The zero-order valence-corrected chi connectivity index (χ0v) is 15.9. The molecule has 0 atom stereocenters. The number of carbonyl (C=O) groups is 2. The highest BCUT2D eigenvalue weighted by Crippen LogP contribution is 2.35. The molecule has 1 fully saturated rings. The van der Waals surface area contributed by atoms with Gasteiger partial charge in [-0.25, -0.2) is 13.8 Å². The van der Waals surface area contributed by atoms with E-state index in [0.717, 1.165) is 15.4 Å². The van der Waals surface area contributed by atoms with Crippen LogP contribution < -0.4 is 19.7 Å². The minimum atomic E-state index is -4.02. The van der Waals surface area contributed by atoms with E-state index in [9.17, 15) is 23.1 Å². The van der Waals surface area contributed by atoms with Gasteiger partial charge in [-0.1, -0.05) is 24.3 Å². The fourth-order valence-electron chi connectivity index (χ4n) is 2.83. The molecule has 0 saturated carbocycles. The van der Waals surface area contributed by atoms with Gasteiger partial charge in [0.2, 0.25) is 0 Å². The second-order valence-corrected chi connectivity index (χ2v) is 7.75. The number of phenols is 1. The normalized spacial score (nSPS) is 15.2. The topological polar surface area (TPSA) is 128 Å². The lowest BCUT2D eigenvalue weighted by Crippen LogP contribution is -2.34. The fraction of sp³-hybridized carbons (Fsp3) is 0.222. The smallest absolute Gasteiger partial charge is 0.326 e. The summed E-state index contributed by atoms with van der Waals surface area (Å²) in [7, 11) is -4.02. The third kappa shape index (κ3) is 4.17. The molecule has 0 aliphatic carbocycles. The van der Waals surface area contributed by atoms with Crippen LogP contribution >= 0.6 is 0 Å². The lowest BCUT2D eigenvalue weighted by Gasteiger charge is -2.17. The molecule has 148 valence electrons. The van der Waals surface area contributed by atoms with Crippen molar-refractivity contribution in [2.24, 2.45) is 0 Å². The summed E-state index contributed by atoms with van der Waals surface area (Å²) in [5.74, 6) is -0.916. The van der Waals surface area contributed by atoms with E-state index in [1.807, 2.05) is 35.9 Å². The van der Waals surface area contributed by atoms with Gasteiger partial charge in [0, 0.05) is 13.1 Å². The van der Waals surface area contributed by atoms with Crippen molar-refractivity contribution in [3.05, 3.63) is 48.0 Å². The fourth-order valence-corrected chi connectivity index (χ4v) is 3.99. The van der Waals surface area contributed by atoms with Gasteiger partial charge in [-0.05, 0) is 41.8 Å². The van der Waals surface area contributed by atoms with Crippen LogP contribution in [0.25, 0.3) is 11.1 Å². The first-order valence-corrected chi connectivity index (χ1v) is 10.0. The molecule has 1 heterocycles. The van der Waals surface area contributed by atoms with Crippen LogP contribution in [-0.2, 0) is 21.5 Å². The molecular weight excluding hydrogens is 384 g/mol. The van der Waals surface area contributed by atoms with Gasteiger partial charge in [0.25, 0.3) is 5.91 Å². The zero-order chi connectivity index (χ0) is 20.3. The van der Waals surface area contributed by atoms with Gasteiger partial charge in [-0.15, -0.1) is 0 Å². The van der Waals surface area contributed by atoms with E-state index in [0.29, 0.717) is 18.7 Å². The van der Waals surface area contributed by atoms with Gasteiger partial charge in [-0.2, -0.15) is 8.42 Å². The highest BCUT2D eigenvalue weighted by Gasteiger charge is 2.35. The van der Waals surface area contributed by atoms with Crippen molar-refractivity contribution in [2.75, 3.05) is 17.4 Å². The monoisotopic (exact) mass is 404 g/mol. The molecule has 4 N–H and O–H groups in total. The van der Waals surface area contributed by atoms with Gasteiger partial charge in [0.15, 0.2) is 0 Å². The molecule has 0 radical (unpaired) electrons. The highest BCUT2D eigenvalue weighted by molar-refractivity contribution is 7.92. The van der Waals surface area contributed by atoms with E-state index in [2.05, 4.69) is 10.6 Å². The molecule has 1 aliphatic heterocycles. The van der Waals surface area contributed by atoms with E-state index in [1.165, 1.54) is 12.1 Å². The summed E-state index contributed by atoms with van der Waals surface area (Å²) < 4.78 is 26.8. The minimum Gasteiger partial charge on any atom is -0.506 e. The molecule has 1 saturated heterocycles. The first-order valence-electron chi connectivity index (χ1n) is 8.57. The number of nitrogens with one attached hydrogen (secondary N) is 3. The van der Waals surface area contributed by atoms with Crippen molar-refractivity contribution >= 4 is 27.8 Å². The second-order valence-electron chi connectivity index (χ2n) is 6.15. The third-order valence-corrected chi connectivity index (χ3v) is 5.51. The Morgan fingerprint density at radius 2 is 1.93 bits per heavy atom. The van der Waals surface area contributed by atoms with E-state index in [4.69, 9.17) is 0 Å². The van der Waals surface area contributed by atoms with Crippen LogP contribution in [0.4, 0.5) is 10.5 Å². The van der Waals surface area contributed by atoms with Gasteiger partial charge < -0.3 is 15.7 Å². The third-order valence-electron chi connectivity index (χ3n) is 4.11. The molecule has 0 aromatic heterocycles. The highest BCUT2D eigenvalue weighted by atomic mass is 32.2. The van der Waals surface area contributed by atoms with E-state index < -0.39 is 22.7 Å². The van der Waals surface area contributed by atoms with Crippen molar-refractivity contribution < 1.29 is 23.1 Å². The molecule has 2 aromatic carbocycles. The minimum absolute atomic E-state index is 0.0155. The van der Waals surface area contributed by atoms with Crippen LogP contribution in [0.15, 0.2) is 42.5 Å². The number of aromatic hydroxyl groups is 1. The molecular formula is C18H20N4O5S. The molecule has 0 spiro atoms. The number of anilines is 1. The van der Waals surface area contributed by atoms with Gasteiger partial charge >= 0.3 is 16.2 Å². The number of nitrogens with zero attached hydrogens (tertiary/aromatic N) is 1. The zero-order valence-electron chi connectivity index (χ0n) is 15.1. The molecule has 3 rings (SSSR count). The van der Waals surface area contributed by atoms with Crippen molar-refractivity contribution in [3.63, 3.8) is 0 Å². The quantitative estimate of drug-likeness (QED) is 0.592. The predicted molar refractivity (Wildman–Crippen MR) is 104 cm³/mol. The van der Waals surface area contributed by atoms with Crippen molar-refractivity contribution in [1.82, 2.24) is 15.4 Å². The number of carbonyl (C=O) groups excluding carboxylic acids is 2. The number of benzene rings is 2. The van der Waals surface area contributed by atoms with Crippen LogP contribution in [0, 0.1) is 0 Å². The van der Waals surface area contributed by atoms with Gasteiger partial charge in [0.1, 0.15) is 12.3 Å². The molecule has 9 nitrogen and oxygen atoms in total. The first kappa shape index (κ1) is 19.5. The van der Waals surface area contributed by atoms with Crippen LogP contribution in [0.3, 0.4) is 0 Å². The Morgan fingerprint density at radius 1 is 1.18 bits per heavy atom. The average molecular weight is 404 g/mol. The summed E-state index contributed by atoms with van der Waals surface area (Å²) >= 11 is 0. The maximum Gasteiger partial charge on any atom is 0.326 e. The molecule has 10 heteroatoms. The second kappa shape index (κ2) is 7.77. The predicted octanol–water partition coefficient (Wildman–Crippen LogP) is 1.06. The van der Waals surface area contributed by atoms with Crippen LogP contribution in [0.2, 0.25) is 0 Å². The summed E-state index contributed by atoms with van der Waals surface area (Å²) in [5, 5.41) is 15.5. The summed E-state index contributed by atoms with van der Waals surface area (Å²) in [6, 6.07) is 11.6. The largest absolute Gasteiger partial charge is 0.506 e. The molecule has 28 heavy (non-hydrogen) atoms. The van der Waals surface area contributed by atoms with E-state index in [1.54, 1.807) is 6.07 Å². The Morgan fingerprint density at radius 3 is 2.61 bits per heavy atom. The Labute approximate surface area is 162 Å². The van der Waals surface area contributed by atoms with Crippen LogP contribution in [0.1, 0.15) is 12.5 Å². The SMILES string of the molecule is CCNC(=O)NCc1cccc(-c2ccc(O)c(N3CC(=O)NS3(=O)=O)c2)c1. The molecule has 0 unspecified atom stereocenters. The van der Waals surface area contributed by atoms with E-state index >= 15 is 0 Å². The Balaban J connectivity index is 1.88. The summed E-state index contributed by atoms with van der Waals surface area (Å²) in [4.78, 5) is 23.0. The standard InChI is InChI=1S/C18H20N4O5S/c1-2-19-18(25)20-10-12-4-3-5-13(8-12)14-6-7-16(23)15(9-14)22-11-17(24)21-28(22,26)27/h3-9,23H,2,10-11H2,1H3,(H,21,24)(H2,19,20,25). The Kier molecular flexibility index (Phi) is 5.41. The van der Waals surface area contributed by atoms with Crippen molar-refractivity contribution in [1.29, 1.82) is 0 Å². The van der Waals surface area contributed by atoms with Crippen molar-refractivity contribution in [2.45, 2.75) is 13.5 Å². The number of phenolic OH excluding ortho intramolecular Hbond substituents is 1. The Bertz CT molecular complexity index is 1020. The summed E-state index contributed by atoms with van der Waals surface area (Å²) in [6.07, 6.45) is 0. The Hall–Kier alpha value is -3.27. The van der Waals surface area contributed by atoms with Crippen LogP contribution in [0.5, 0.6) is 5.75 Å². The number of hydrogen-bond acceptors (Lipinski definition) is 5. The number of rotatable bonds is 5. The number of hydrogen-bond donors (Lipinski definition) is 4. The molecule has 0 bridgehead atoms. The molecule has 3 amide bonds. The summed E-state index contributed by atoms with van der Waals surface area (Å²) in [5.41, 5.74) is 2.29. The summed E-state index contributed by atoms with van der Waals surface area (Å²) in [6.45, 7) is 2.28. The lowest BCUT2D eigenvalue weighted by molar-refractivity contribution is -0.117. The molecule has 1 aliphatic rings. The van der Waals surface area contributed by atoms with Crippen LogP contribution in [-0.4, -0.2) is 38.6 Å². The molecule has 2 aromatic rings. The average Bonchev–Trinajstić information content (AvgIpc) is 2.93.